The maximum atomic E-state index is 8.25. The van der Waals surface area contributed by atoms with E-state index in [2.05, 4.69) is 39.9 Å². The van der Waals surface area contributed by atoms with Crippen LogP contribution in [-0.4, -0.2) is 50.0 Å². The zero-order valence-electron chi connectivity index (χ0n) is 18.6. The molecule has 0 aliphatic rings. The predicted octanol–water partition coefficient (Wildman–Crippen LogP) is -0.285. The molecule has 4 rings (SSSR count). The third kappa shape index (κ3) is 13.7. The molecule has 0 atom stereocenters. The number of hydrogen-bond donors (Lipinski definition) is 4. The topological polar surface area (TPSA) is 340 Å². The van der Waals surface area contributed by atoms with E-state index in [-0.39, 0.29) is 43.3 Å². The van der Waals surface area contributed by atoms with E-state index >= 15 is 0 Å². The van der Waals surface area contributed by atoms with Crippen LogP contribution in [0.2, 0.25) is 0 Å². The third-order valence-corrected chi connectivity index (χ3v) is 3.13. The molecule has 0 bridgehead atoms. The van der Waals surface area contributed by atoms with Gasteiger partial charge in [0, 0.05) is 12.4 Å². The zero-order valence-corrected chi connectivity index (χ0v) is 21.5. The second kappa shape index (κ2) is 16.2. The van der Waals surface area contributed by atoms with E-state index in [0.29, 0.717) is 23.0 Å². The van der Waals surface area contributed by atoms with Crippen LogP contribution in [0, 0.1) is 30.6 Å². The van der Waals surface area contributed by atoms with E-state index in [1.807, 2.05) is 12.1 Å². The molecule has 0 radical (unpaired) electrons. The van der Waals surface area contributed by atoms with Crippen molar-refractivity contribution in [2.45, 2.75) is 0 Å². The van der Waals surface area contributed by atoms with Crippen LogP contribution in [0.5, 0.6) is 0 Å². The molecule has 20 nitrogen and oxygen atoms in total. The summed E-state index contributed by atoms with van der Waals surface area (Å²) in [6, 6.07) is 10.8. The zero-order chi connectivity index (χ0) is 27.1. The van der Waals surface area contributed by atoms with E-state index in [1.54, 1.807) is 36.7 Å². The molecule has 4 heterocycles. The van der Waals surface area contributed by atoms with Crippen molar-refractivity contribution in [3.05, 3.63) is 79.4 Å². The monoisotopic (exact) mass is 564 g/mol. The van der Waals surface area contributed by atoms with Crippen molar-refractivity contribution in [3.63, 3.8) is 0 Å². The van der Waals surface area contributed by atoms with E-state index in [4.69, 9.17) is 53.6 Å². The summed E-state index contributed by atoms with van der Waals surface area (Å²) in [5.41, 5.74) is 22.9. The fraction of sp³-hybridized carbons (Fsp3) is 0. The van der Waals surface area contributed by atoms with Gasteiger partial charge in [0.15, 0.2) is 11.6 Å². The van der Waals surface area contributed by atoms with Gasteiger partial charge in [-0.25, -0.2) is 0 Å². The van der Waals surface area contributed by atoms with Crippen LogP contribution in [0.1, 0.15) is 0 Å². The summed E-state index contributed by atoms with van der Waals surface area (Å²) in [6.07, 6.45) is 3.29. The number of anilines is 4. The van der Waals surface area contributed by atoms with Gasteiger partial charge < -0.3 is 53.6 Å². The smallest absolute Gasteiger partial charge is 0.368 e. The number of nitrogen functional groups attached to an aromatic ring is 4. The standard InChI is InChI=1S/2C8H8N6.2NO3.Zn/c2*9-7-12-6(13-8(10)14-7)5-3-1-2-4-11-5;2*2-1(3)4;/h2*1-4H,(H4,9,10,12,13,14);;;/q;;2*-1;+2. The summed E-state index contributed by atoms with van der Waals surface area (Å²) in [5.74, 6) is 1.15. The van der Waals surface area contributed by atoms with Gasteiger partial charge >= 0.3 is 19.5 Å². The Balaban J connectivity index is 0.000000535. The Hall–Kier alpha value is -5.46. The molecule has 0 amide bonds. The maximum absolute atomic E-state index is 8.25. The van der Waals surface area contributed by atoms with Crippen molar-refractivity contribution in [1.29, 1.82) is 0 Å². The molecule has 21 heteroatoms. The first-order valence-corrected chi connectivity index (χ1v) is 8.97. The Kier molecular flexibility index (Phi) is 13.8. The van der Waals surface area contributed by atoms with Crippen LogP contribution < -0.4 is 22.9 Å². The summed E-state index contributed by atoms with van der Waals surface area (Å²) in [7, 11) is 0. The molecular formula is C16H16N14O6Zn. The normalized spacial score (nSPS) is 8.86. The first kappa shape index (κ1) is 31.5. The molecule has 188 valence electrons. The second-order valence-corrected chi connectivity index (χ2v) is 5.63. The number of hydrogen-bond acceptors (Lipinski definition) is 18. The van der Waals surface area contributed by atoms with E-state index in [9.17, 15) is 0 Å². The first-order chi connectivity index (χ1) is 17.0. The van der Waals surface area contributed by atoms with Gasteiger partial charge in [-0.1, -0.05) is 12.1 Å². The quantitative estimate of drug-likeness (QED) is 0.138. The van der Waals surface area contributed by atoms with Crippen LogP contribution in [0.4, 0.5) is 23.8 Å². The minimum Gasteiger partial charge on any atom is -0.368 e. The van der Waals surface area contributed by atoms with Crippen molar-refractivity contribution in [1.82, 2.24) is 39.9 Å². The van der Waals surface area contributed by atoms with Gasteiger partial charge in [-0.15, -0.1) is 0 Å². The number of pyridine rings is 2. The fourth-order valence-corrected chi connectivity index (χ4v) is 2.04. The van der Waals surface area contributed by atoms with Crippen molar-refractivity contribution in [3.8, 4) is 23.0 Å². The Labute approximate surface area is 218 Å². The summed E-state index contributed by atoms with van der Waals surface area (Å²) in [6.45, 7) is 0. The second-order valence-electron chi connectivity index (χ2n) is 5.63. The minimum absolute atomic E-state index is 0. The largest absolute Gasteiger partial charge is 2.00 e. The van der Waals surface area contributed by atoms with Gasteiger partial charge in [-0.3, -0.25) is 9.97 Å². The molecule has 0 saturated carbocycles. The molecule has 0 fully saturated rings. The number of nitrogens with two attached hydrogens (primary N) is 4. The van der Waals surface area contributed by atoms with Gasteiger partial charge in [0.1, 0.15) is 11.4 Å². The Bertz CT molecular complexity index is 1120. The molecular weight excluding hydrogens is 550 g/mol. The van der Waals surface area contributed by atoms with Crippen molar-refractivity contribution in [2.75, 3.05) is 22.9 Å². The van der Waals surface area contributed by atoms with Crippen molar-refractivity contribution >= 4 is 23.8 Å². The summed E-state index contributed by atoms with van der Waals surface area (Å²) in [4.78, 5) is 47.6. The van der Waals surface area contributed by atoms with Gasteiger partial charge in [0.05, 0.1) is 10.2 Å². The van der Waals surface area contributed by atoms with Gasteiger partial charge in [-0.05, 0) is 24.3 Å². The third-order valence-electron chi connectivity index (χ3n) is 3.13. The van der Waals surface area contributed by atoms with E-state index < -0.39 is 10.2 Å². The Morgan fingerprint density at radius 2 is 0.811 bits per heavy atom. The summed E-state index contributed by atoms with van der Waals surface area (Å²) < 4.78 is 0. The van der Waals surface area contributed by atoms with Crippen LogP contribution in [0.15, 0.2) is 48.8 Å². The molecule has 8 N–H and O–H groups in total. The van der Waals surface area contributed by atoms with Crippen molar-refractivity contribution < 1.29 is 29.7 Å². The maximum Gasteiger partial charge on any atom is 2.00 e. The summed E-state index contributed by atoms with van der Waals surface area (Å²) in [5, 5.41) is 29.5. The molecule has 0 saturated heterocycles. The average molecular weight is 566 g/mol. The average Bonchev–Trinajstić information content (AvgIpc) is 2.79. The molecule has 0 aromatic carbocycles. The fourth-order valence-electron chi connectivity index (χ4n) is 2.04. The molecule has 4 aromatic heterocycles. The van der Waals surface area contributed by atoms with Crippen LogP contribution in [-0.2, 0) is 19.5 Å². The molecule has 0 spiro atoms. The minimum atomic E-state index is -1.75. The molecule has 4 aromatic rings. The SMILES string of the molecule is Nc1nc(N)nc(-c2ccccn2)n1.Nc1nc(N)nc(-c2ccccn2)n1.O=[N+]([O-])[O-].O=[N+]([O-])[O-].[Zn+2]. The van der Waals surface area contributed by atoms with E-state index in [0.717, 1.165) is 0 Å². The van der Waals surface area contributed by atoms with Crippen LogP contribution >= 0.6 is 0 Å². The number of rotatable bonds is 2. The van der Waals surface area contributed by atoms with E-state index in [1.165, 1.54) is 0 Å². The first-order valence-electron chi connectivity index (χ1n) is 8.97. The van der Waals surface area contributed by atoms with Crippen LogP contribution in [0.25, 0.3) is 23.0 Å². The van der Waals surface area contributed by atoms with Gasteiger partial charge in [0.25, 0.3) is 0 Å². The van der Waals surface area contributed by atoms with Crippen molar-refractivity contribution in [2.24, 2.45) is 0 Å². The number of nitrogens with zero attached hydrogens (tertiary/aromatic N) is 10. The number of aromatic nitrogens is 8. The molecule has 37 heavy (non-hydrogen) atoms. The van der Waals surface area contributed by atoms with Gasteiger partial charge in [0.2, 0.25) is 23.8 Å². The Morgan fingerprint density at radius 1 is 0.541 bits per heavy atom. The molecule has 0 aliphatic carbocycles. The van der Waals surface area contributed by atoms with Gasteiger partial charge in [-0.2, -0.15) is 29.9 Å². The molecule has 0 unspecified atom stereocenters. The summed E-state index contributed by atoms with van der Waals surface area (Å²) >= 11 is 0. The molecule has 0 aliphatic heterocycles. The Morgan fingerprint density at radius 3 is 1.03 bits per heavy atom. The van der Waals surface area contributed by atoms with Crippen LogP contribution in [0.3, 0.4) is 0 Å². The predicted molar refractivity (Wildman–Crippen MR) is 124 cm³/mol.